The molecule has 2 heteroatoms. The van der Waals surface area contributed by atoms with Crippen LogP contribution in [0.15, 0.2) is 35.9 Å². The van der Waals surface area contributed by atoms with Gasteiger partial charge in [0.25, 0.3) is 0 Å². The smallest absolute Gasteiger partial charge is 0.133 e. The van der Waals surface area contributed by atoms with Gasteiger partial charge in [0.2, 0.25) is 0 Å². The number of allylic oxidation sites excluding steroid dienone is 1. The lowest BCUT2D eigenvalue weighted by Crippen LogP contribution is -1.95. The van der Waals surface area contributed by atoms with Gasteiger partial charge < -0.3 is 4.74 Å². The highest BCUT2D eigenvalue weighted by atomic mass is 127. The second kappa shape index (κ2) is 5.27. The molecule has 0 atom stereocenters. The molecule has 1 aromatic rings. The Morgan fingerprint density at radius 1 is 1.38 bits per heavy atom. The lowest BCUT2D eigenvalue weighted by Gasteiger charge is -2.04. The van der Waals surface area contributed by atoms with E-state index in [0.29, 0.717) is 6.61 Å². The van der Waals surface area contributed by atoms with E-state index in [1.165, 1.54) is 5.57 Å². The van der Waals surface area contributed by atoms with E-state index in [1.54, 1.807) is 0 Å². The van der Waals surface area contributed by atoms with E-state index in [-0.39, 0.29) is 0 Å². The molecule has 70 valence electrons. The maximum Gasteiger partial charge on any atom is 0.133 e. The van der Waals surface area contributed by atoms with Crippen molar-refractivity contribution in [3.8, 4) is 5.75 Å². The first-order valence-electron chi connectivity index (χ1n) is 4.21. The Hall–Kier alpha value is -0.510. The molecule has 0 N–H and O–H groups in total. The molecule has 0 amide bonds. The lowest BCUT2D eigenvalue weighted by atomic mass is 10.3. The zero-order valence-electron chi connectivity index (χ0n) is 7.88. The maximum absolute atomic E-state index is 5.56. The summed E-state index contributed by atoms with van der Waals surface area (Å²) in [5.41, 5.74) is 1.28. The molecule has 0 aliphatic rings. The van der Waals surface area contributed by atoms with E-state index in [1.807, 2.05) is 24.3 Å². The summed E-state index contributed by atoms with van der Waals surface area (Å²) in [6.45, 7) is 4.79. The van der Waals surface area contributed by atoms with Crippen molar-refractivity contribution in [2.24, 2.45) is 0 Å². The summed E-state index contributed by atoms with van der Waals surface area (Å²) in [6.07, 6.45) is 2.07. The minimum atomic E-state index is 0.655. The van der Waals surface area contributed by atoms with Crippen molar-refractivity contribution in [3.05, 3.63) is 39.5 Å². The highest BCUT2D eigenvalue weighted by Gasteiger charge is 1.96. The SMILES string of the molecule is CC(C)=CCOc1ccccc1I. The molecule has 0 saturated carbocycles. The van der Waals surface area contributed by atoms with E-state index in [0.717, 1.165) is 9.32 Å². The molecule has 1 nitrogen and oxygen atoms in total. The van der Waals surface area contributed by atoms with Crippen LogP contribution in [0.1, 0.15) is 13.8 Å². The zero-order chi connectivity index (χ0) is 9.68. The molecule has 1 rings (SSSR count). The Morgan fingerprint density at radius 3 is 2.69 bits per heavy atom. The van der Waals surface area contributed by atoms with Crippen LogP contribution in [0, 0.1) is 3.57 Å². The predicted molar refractivity (Wildman–Crippen MR) is 64.1 cm³/mol. The molecule has 0 radical (unpaired) electrons. The largest absolute Gasteiger partial charge is 0.488 e. The Kier molecular flexibility index (Phi) is 4.28. The van der Waals surface area contributed by atoms with Crippen LogP contribution >= 0.6 is 22.6 Å². The zero-order valence-corrected chi connectivity index (χ0v) is 10.0. The first kappa shape index (κ1) is 10.6. The Balaban J connectivity index is 2.55. The van der Waals surface area contributed by atoms with Gasteiger partial charge in [-0.05, 0) is 54.6 Å². The molecule has 0 unspecified atom stereocenters. The average Bonchev–Trinajstić information content (AvgIpc) is 2.08. The van der Waals surface area contributed by atoms with Crippen molar-refractivity contribution in [2.45, 2.75) is 13.8 Å². The van der Waals surface area contributed by atoms with Crippen LogP contribution in [-0.4, -0.2) is 6.61 Å². The molecule has 0 fully saturated rings. The van der Waals surface area contributed by atoms with Crippen LogP contribution < -0.4 is 4.74 Å². The van der Waals surface area contributed by atoms with Gasteiger partial charge >= 0.3 is 0 Å². The highest BCUT2D eigenvalue weighted by molar-refractivity contribution is 14.1. The van der Waals surface area contributed by atoms with E-state index in [2.05, 4.69) is 42.5 Å². The maximum atomic E-state index is 5.56. The first-order valence-corrected chi connectivity index (χ1v) is 5.28. The van der Waals surface area contributed by atoms with Crippen molar-refractivity contribution in [3.63, 3.8) is 0 Å². The van der Waals surface area contributed by atoms with E-state index < -0.39 is 0 Å². The molecule has 0 heterocycles. The van der Waals surface area contributed by atoms with Gasteiger partial charge in [-0.1, -0.05) is 17.7 Å². The number of para-hydroxylation sites is 1. The Labute approximate surface area is 92.9 Å². The van der Waals surface area contributed by atoms with Crippen LogP contribution in [0.4, 0.5) is 0 Å². The van der Waals surface area contributed by atoms with E-state index in [4.69, 9.17) is 4.74 Å². The van der Waals surface area contributed by atoms with Gasteiger partial charge in [-0.2, -0.15) is 0 Å². The Morgan fingerprint density at radius 2 is 2.08 bits per heavy atom. The number of hydrogen-bond acceptors (Lipinski definition) is 1. The van der Waals surface area contributed by atoms with Crippen LogP contribution in [0.5, 0.6) is 5.75 Å². The summed E-state index contributed by atoms with van der Waals surface area (Å²) in [4.78, 5) is 0. The van der Waals surface area contributed by atoms with E-state index >= 15 is 0 Å². The first-order chi connectivity index (χ1) is 6.20. The quantitative estimate of drug-likeness (QED) is 0.609. The second-order valence-electron chi connectivity index (χ2n) is 3.02. The third-order valence-corrected chi connectivity index (χ3v) is 2.46. The van der Waals surface area contributed by atoms with Gasteiger partial charge in [-0.25, -0.2) is 0 Å². The second-order valence-corrected chi connectivity index (χ2v) is 4.19. The number of ether oxygens (including phenoxy) is 1. The van der Waals surface area contributed by atoms with Crippen molar-refractivity contribution in [2.75, 3.05) is 6.61 Å². The number of benzene rings is 1. The van der Waals surface area contributed by atoms with Gasteiger partial charge in [0, 0.05) is 0 Å². The van der Waals surface area contributed by atoms with Gasteiger partial charge in [0.15, 0.2) is 0 Å². The molecule has 0 aliphatic carbocycles. The molecular weight excluding hydrogens is 275 g/mol. The average molecular weight is 288 g/mol. The molecule has 1 aromatic carbocycles. The van der Waals surface area contributed by atoms with Crippen molar-refractivity contribution >= 4 is 22.6 Å². The summed E-state index contributed by atoms with van der Waals surface area (Å²) >= 11 is 2.27. The van der Waals surface area contributed by atoms with Crippen LogP contribution in [0.25, 0.3) is 0 Å². The van der Waals surface area contributed by atoms with Gasteiger partial charge in [-0.15, -0.1) is 0 Å². The Bertz CT molecular complexity index is 301. The van der Waals surface area contributed by atoms with Crippen molar-refractivity contribution in [1.29, 1.82) is 0 Å². The molecule has 0 aliphatic heterocycles. The molecular formula is C11H13IO. The van der Waals surface area contributed by atoms with Crippen LogP contribution in [-0.2, 0) is 0 Å². The van der Waals surface area contributed by atoms with E-state index in [9.17, 15) is 0 Å². The van der Waals surface area contributed by atoms with Crippen molar-refractivity contribution < 1.29 is 4.74 Å². The minimum Gasteiger partial charge on any atom is -0.488 e. The van der Waals surface area contributed by atoms with Crippen LogP contribution in [0.3, 0.4) is 0 Å². The predicted octanol–water partition coefficient (Wildman–Crippen LogP) is 3.64. The number of hydrogen-bond donors (Lipinski definition) is 0. The topological polar surface area (TPSA) is 9.23 Å². The van der Waals surface area contributed by atoms with Gasteiger partial charge in [-0.3, -0.25) is 0 Å². The molecule has 13 heavy (non-hydrogen) atoms. The molecule has 0 saturated heterocycles. The molecule has 0 spiro atoms. The monoisotopic (exact) mass is 288 g/mol. The third-order valence-electron chi connectivity index (χ3n) is 1.57. The summed E-state index contributed by atoms with van der Waals surface area (Å²) in [5, 5.41) is 0. The summed E-state index contributed by atoms with van der Waals surface area (Å²) in [6, 6.07) is 8.02. The third kappa shape index (κ3) is 3.81. The summed E-state index contributed by atoms with van der Waals surface area (Å²) in [5.74, 6) is 0.959. The number of halogens is 1. The van der Waals surface area contributed by atoms with Gasteiger partial charge in [0.05, 0.1) is 3.57 Å². The van der Waals surface area contributed by atoms with Gasteiger partial charge in [0.1, 0.15) is 12.4 Å². The summed E-state index contributed by atoms with van der Waals surface area (Å²) < 4.78 is 6.72. The lowest BCUT2D eigenvalue weighted by molar-refractivity contribution is 0.359. The normalized spacial score (nSPS) is 9.46. The fourth-order valence-electron chi connectivity index (χ4n) is 0.860. The molecule has 0 bridgehead atoms. The fourth-order valence-corrected chi connectivity index (χ4v) is 1.40. The molecule has 0 aromatic heterocycles. The fraction of sp³-hybridized carbons (Fsp3) is 0.273. The van der Waals surface area contributed by atoms with Crippen LogP contribution in [0.2, 0.25) is 0 Å². The highest BCUT2D eigenvalue weighted by Crippen LogP contribution is 2.19. The number of rotatable bonds is 3. The van der Waals surface area contributed by atoms with Crippen molar-refractivity contribution in [1.82, 2.24) is 0 Å². The standard InChI is InChI=1S/C11H13IO/c1-9(2)7-8-13-11-6-4-3-5-10(11)12/h3-7H,8H2,1-2H3. The minimum absolute atomic E-state index is 0.655. The summed E-state index contributed by atoms with van der Waals surface area (Å²) in [7, 11) is 0.